The summed E-state index contributed by atoms with van der Waals surface area (Å²) in [7, 11) is 0. The van der Waals surface area contributed by atoms with Gasteiger partial charge in [-0.3, -0.25) is 4.79 Å². The highest BCUT2D eigenvalue weighted by Gasteiger charge is 2.18. The lowest BCUT2D eigenvalue weighted by atomic mass is 10.1. The van der Waals surface area contributed by atoms with E-state index in [1.54, 1.807) is 12.1 Å². The molecule has 21 heavy (non-hydrogen) atoms. The van der Waals surface area contributed by atoms with Gasteiger partial charge in [0.25, 0.3) is 0 Å². The molecule has 0 radical (unpaired) electrons. The highest BCUT2D eigenvalue weighted by molar-refractivity contribution is 9.10. The van der Waals surface area contributed by atoms with Gasteiger partial charge in [0.1, 0.15) is 0 Å². The molecule has 0 aliphatic carbocycles. The van der Waals surface area contributed by atoms with Crippen LogP contribution in [0, 0.1) is 0 Å². The Morgan fingerprint density at radius 3 is 2.71 bits per heavy atom. The fraction of sp³-hybridized carbons (Fsp3) is 0.143. The molecular weight excluding hydrogens is 354 g/mol. The lowest BCUT2D eigenvalue weighted by Crippen LogP contribution is -2.34. The summed E-state index contributed by atoms with van der Waals surface area (Å²) in [5.74, 6) is -0.194. The van der Waals surface area contributed by atoms with E-state index in [2.05, 4.69) is 26.6 Å². The van der Waals surface area contributed by atoms with Gasteiger partial charge in [0.2, 0.25) is 5.91 Å². The van der Waals surface area contributed by atoms with Crippen molar-refractivity contribution in [3.8, 4) is 0 Å². The first-order valence-corrected chi connectivity index (χ1v) is 7.86. The minimum Gasteiger partial charge on any atom is -0.352 e. The standard InChI is InChI=1S/C14H14BrN3O2S/c15-9-3-1-4-10(7-9)17-13(19)8-11(18-14(16)20)12-5-2-6-21-12/h1-7,11H,8H2,(H,17,19)(H3,16,18,20). The van der Waals surface area contributed by atoms with E-state index < -0.39 is 12.1 Å². The molecule has 5 nitrogen and oxygen atoms in total. The zero-order chi connectivity index (χ0) is 15.2. The second-order valence-electron chi connectivity index (χ2n) is 4.34. The van der Waals surface area contributed by atoms with E-state index in [1.807, 2.05) is 29.6 Å². The molecule has 2 aromatic rings. The number of nitrogens with two attached hydrogens (primary N) is 1. The highest BCUT2D eigenvalue weighted by Crippen LogP contribution is 2.23. The quantitative estimate of drug-likeness (QED) is 0.757. The molecule has 0 fully saturated rings. The number of carbonyl (C=O) groups excluding carboxylic acids is 2. The molecule has 110 valence electrons. The molecule has 3 amide bonds. The van der Waals surface area contributed by atoms with Gasteiger partial charge in [-0.05, 0) is 29.6 Å². The van der Waals surface area contributed by atoms with Crippen molar-refractivity contribution in [2.45, 2.75) is 12.5 Å². The predicted molar refractivity (Wildman–Crippen MR) is 87.2 cm³/mol. The van der Waals surface area contributed by atoms with Gasteiger partial charge < -0.3 is 16.4 Å². The van der Waals surface area contributed by atoms with Crippen LogP contribution in [0.5, 0.6) is 0 Å². The maximum Gasteiger partial charge on any atom is 0.312 e. The summed E-state index contributed by atoms with van der Waals surface area (Å²) < 4.78 is 0.880. The zero-order valence-corrected chi connectivity index (χ0v) is 13.4. The second-order valence-corrected chi connectivity index (χ2v) is 6.23. The van der Waals surface area contributed by atoms with Crippen LogP contribution in [0.1, 0.15) is 17.3 Å². The number of thiophene rings is 1. The Labute approximate surface area is 134 Å². The van der Waals surface area contributed by atoms with Crippen LogP contribution >= 0.6 is 27.3 Å². The summed E-state index contributed by atoms with van der Waals surface area (Å²) in [6.45, 7) is 0. The molecule has 0 spiro atoms. The Balaban J connectivity index is 2.02. The van der Waals surface area contributed by atoms with Gasteiger partial charge in [-0.25, -0.2) is 4.79 Å². The van der Waals surface area contributed by atoms with Gasteiger partial charge in [-0.2, -0.15) is 0 Å². The molecule has 0 saturated carbocycles. The summed E-state index contributed by atoms with van der Waals surface area (Å²) in [4.78, 5) is 24.1. The number of carbonyl (C=O) groups is 2. The summed E-state index contributed by atoms with van der Waals surface area (Å²) in [5, 5.41) is 7.27. The first-order chi connectivity index (χ1) is 10.0. The minimum absolute atomic E-state index is 0.121. The Hall–Kier alpha value is -1.86. The number of anilines is 1. The largest absolute Gasteiger partial charge is 0.352 e. The normalized spacial score (nSPS) is 11.7. The number of urea groups is 1. The topological polar surface area (TPSA) is 84.2 Å². The van der Waals surface area contributed by atoms with Crippen molar-refractivity contribution in [3.63, 3.8) is 0 Å². The van der Waals surface area contributed by atoms with Crippen molar-refractivity contribution in [2.75, 3.05) is 5.32 Å². The second kappa shape index (κ2) is 7.24. The third kappa shape index (κ3) is 4.87. The molecule has 1 aromatic carbocycles. The number of amides is 3. The van der Waals surface area contributed by atoms with Gasteiger partial charge in [-0.1, -0.05) is 28.1 Å². The number of benzene rings is 1. The van der Waals surface area contributed by atoms with Crippen molar-refractivity contribution in [2.24, 2.45) is 5.73 Å². The van der Waals surface area contributed by atoms with E-state index in [-0.39, 0.29) is 12.3 Å². The first-order valence-electron chi connectivity index (χ1n) is 6.19. The molecule has 1 aromatic heterocycles. The zero-order valence-electron chi connectivity index (χ0n) is 11.0. The highest BCUT2D eigenvalue weighted by atomic mass is 79.9. The molecule has 2 rings (SSSR count). The van der Waals surface area contributed by atoms with Crippen LogP contribution in [0.25, 0.3) is 0 Å². The monoisotopic (exact) mass is 367 g/mol. The summed E-state index contributed by atoms with van der Waals surface area (Å²) in [5.41, 5.74) is 5.86. The third-order valence-corrected chi connectivity index (χ3v) is 4.18. The van der Waals surface area contributed by atoms with E-state index in [0.29, 0.717) is 5.69 Å². The van der Waals surface area contributed by atoms with E-state index in [9.17, 15) is 9.59 Å². The van der Waals surface area contributed by atoms with Crippen LogP contribution in [0.4, 0.5) is 10.5 Å². The van der Waals surface area contributed by atoms with Crippen molar-refractivity contribution in [1.82, 2.24) is 5.32 Å². The molecule has 1 unspecified atom stereocenters. The van der Waals surface area contributed by atoms with E-state index in [1.165, 1.54) is 11.3 Å². The van der Waals surface area contributed by atoms with E-state index in [4.69, 9.17) is 5.73 Å². The number of hydrogen-bond acceptors (Lipinski definition) is 3. The predicted octanol–water partition coefficient (Wildman–Crippen LogP) is 3.25. The van der Waals surface area contributed by atoms with Crippen LogP contribution in [-0.2, 0) is 4.79 Å². The van der Waals surface area contributed by atoms with Gasteiger partial charge in [0, 0.05) is 15.0 Å². The molecule has 0 saturated heterocycles. The summed E-state index contributed by atoms with van der Waals surface area (Å²) in [6.07, 6.45) is 0.121. The average Bonchev–Trinajstić information content (AvgIpc) is 2.91. The first kappa shape index (κ1) is 15.5. The molecular formula is C14H14BrN3O2S. The van der Waals surface area contributed by atoms with Crippen LogP contribution in [0.2, 0.25) is 0 Å². The number of primary amides is 1. The van der Waals surface area contributed by atoms with Crippen molar-refractivity contribution in [1.29, 1.82) is 0 Å². The Kier molecular flexibility index (Phi) is 5.35. The number of rotatable bonds is 5. The molecule has 7 heteroatoms. The SMILES string of the molecule is NC(=O)NC(CC(=O)Nc1cccc(Br)c1)c1cccs1. The minimum atomic E-state index is -0.649. The van der Waals surface area contributed by atoms with Crippen LogP contribution < -0.4 is 16.4 Å². The number of nitrogens with one attached hydrogen (secondary N) is 2. The Bertz CT molecular complexity index is 631. The van der Waals surface area contributed by atoms with Crippen LogP contribution in [0.3, 0.4) is 0 Å². The summed E-state index contributed by atoms with van der Waals surface area (Å²) >= 11 is 4.81. The molecule has 0 aliphatic heterocycles. The van der Waals surface area contributed by atoms with Crippen molar-refractivity contribution < 1.29 is 9.59 Å². The molecule has 1 heterocycles. The lowest BCUT2D eigenvalue weighted by Gasteiger charge is -2.16. The third-order valence-electron chi connectivity index (χ3n) is 2.70. The number of halogens is 1. The van der Waals surface area contributed by atoms with E-state index in [0.717, 1.165) is 9.35 Å². The van der Waals surface area contributed by atoms with Gasteiger partial charge >= 0.3 is 6.03 Å². The lowest BCUT2D eigenvalue weighted by molar-refractivity contribution is -0.116. The average molecular weight is 368 g/mol. The van der Waals surface area contributed by atoms with Crippen molar-refractivity contribution in [3.05, 3.63) is 51.1 Å². The molecule has 0 bridgehead atoms. The fourth-order valence-electron chi connectivity index (χ4n) is 1.85. The maximum absolute atomic E-state index is 12.1. The maximum atomic E-state index is 12.1. The molecule has 0 aliphatic rings. The van der Waals surface area contributed by atoms with Crippen molar-refractivity contribution >= 4 is 44.9 Å². The molecule has 1 atom stereocenters. The Morgan fingerprint density at radius 1 is 1.29 bits per heavy atom. The smallest absolute Gasteiger partial charge is 0.312 e. The van der Waals surface area contributed by atoms with Gasteiger partial charge in [-0.15, -0.1) is 11.3 Å². The van der Waals surface area contributed by atoms with Gasteiger partial charge in [0.15, 0.2) is 0 Å². The van der Waals surface area contributed by atoms with Crippen LogP contribution in [0.15, 0.2) is 46.3 Å². The van der Waals surface area contributed by atoms with Gasteiger partial charge in [0.05, 0.1) is 12.5 Å². The number of hydrogen-bond donors (Lipinski definition) is 3. The summed E-state index contributed by atoms with van der Waals surface area (Å²) in [6, 6.07) is 9.96. The Morgan fingerprint density at radius 2 is 2.10 bits per heavy atom. The van der Waals surface area contributed by atoms with E-state index >= 15 is 0 Å². The van der Waals surface area contributed by atoms with Crippen LogP contribution in [-0.4, -0.2) is 11.9 Å². The molecule has 4 N–H and O–H groups in total. The fourth-order valence-corrected chi connectivity index (χ4v) is 3.02.